The summed E-state index contributed by atoms with van der Waals surface area (Å²) in [5.41, 5.74) is 1.24. The number of carbonyl (C=O) groups is 1. The van der Waals surface area contributed by atoms with Gasteiger partial charge in [-0.15, -0.1) is 0 Å². The minimum atomic E-state index is -0.582. The van der Waals surface area contributed by atoms with Crippen LogP contribution in [0.1, 0.15) is 48.5 Å². The fourth-order valence-electron chi connectivity index (χ4n) is 3.32. The SMILES string of the molecule is CC1(O)CCC2(CC1)Cc1ccc(Br)cc1C2=O. The topological polar surface area (TPSA) is 37.3 Å². The smallest absolute Gasteiger partial charge is 0.169 e. The molecule has 3 heteroatoms. The van der Waals surface area contributed by atoms with E-state index in [0.29, 0.717) is 0 Å². The standard InChI is InChI=1S/C15H17BrO2/c1-14(18)4-6-15(7-5-14)9-10-2-3-11(16)8-12(10)13(15)17/h2-3,8,18H,4-7,9H2,1H3. The second-order valence-corrected chi connectivity index (χ2v) is 7.00. The summed E-state index contributed by atoms with van der Waals surface area (Å²) in [7, 11) is 0. The summed E-state index contributed by atoms with van der Waals surface area (Å²) in [5.74, 6) is 0.286. The molecule has 1 aromatic rings. The highest BCUT2D eigenvalue weighted by atomic mass is 79.9. The molecule has 0 amide bonds. The van der Waals surface area contributed by atoms with E-state index < -0.39 is 5.60 Å². The summed E-state index contributed by atoms with van der Waals surface area (Å²) in [6.07, 6.45) is 3.93. The molecule has 96 valence electrons. The van der Waals surface area contributed by atoms with E-state index in [1.807, 2.05) is 19.1 Å². The maximum absolute atomic E-state index is 12.6. The summed E-state index contributed by atoms with van der Waals surface area (Å²) in [6.45, 7) is 1.88. The zero-order valence-electron chi connectivity index (χ0n) is 10.5. The first-order valence-electron chi connectivity index (χ1n) is 6.48. The number of benzene rings is 1. The quantitative estimate of drug-likeness (QED) is 0.796. The third-order valence-corrected chi connectivity index (χ3v) is 5.10. The Kier molecular flexibility index (Phi) is 2.69. The summed E-state index contributed by atoms with van der Waals surface area (Å²) < 4.78 is 0.967. The zero-order chi connectivity index (χ0) is 13.0. The molecule has 1 N–H and O–H groups in total. The molecular weight excluding hydrogens is 292 g/mol. The summed E-state index contributed by atoms with van der Waals surface area (Å²) in [6, 6.07) is 6.00. The number of halogens is 1. The molecule has 0 radical (unpaired) electrons. The Labute approximate surface area is 116 Å². The van der Waals surface area contributed by atoms with Crippen molar-refractivity contribution in [3.8, 4) is 0 Å². The fourth-order valence-corrected chi connectivity index (χ4v) is 3.68. The second-order valence-electron chi connectivity index (χ2n) is 6.08. The normalized spacial score (nSPS) is 34.9. The van der Waals surface area contributed by atoms with E-state index in [1.165, 1.54) is 5.56 Å². The molecule has 0 bridgehead atoms. The molecule has 0 heterocycles. The average molecular weight is 309 g/mol. The lowest BCUT2D eigenvalue weighted by molar-refractivity contribution is -0.0114. The lowest BCUT2D eigenvalue weighted by Crippen LogP contribution is -2.40. The van der Waals surface area contributed by atoms with Crippen molar-refractivity contribution in [2.24, 2.45) is 5.41 Å². The molecule has 18 heavy (non-hydrogen) atoms. The Hall–Kier alpha value is -0.670. The van der Waals surface area contributed by atoms with Crippen LogP contribution >= 0.6 is 15.9 Å². The van der Waals surface area contributed by atoms with Gasteiger partial charge in [0.15, 0.2) is 5.78 Å². The number of Topliss-reactive ketones (excluding diaryl/α,β-unsaturated/α-hetero) is 1. The molecule has 0 saturated heterocycles. The average Bonchev–Trinajstić information content (AvgIpc) is 2.58. The van der Waals surface area contributed by atoms with Crippen molar-refractivity contribution in [2.75, 3.05) is 0 Å². The predicted molar refractivity (Wildman–Crippen MR) is 73.7 cm³/mol. The van der Waals surface area contributed by atoms with Gasteiger partial charge < -0.3 is 5.11 Å². The first-order valence-corrected chi connectivity index (χ1v) is 7.27. The maximum Gasteiger partial charge on any atom is 0.169 e. The third-order valence-electron chi connectivity index (χ3n) is 4.61. The number of hydrogen-bond acceptors (Lipinski definition) is 2. The maximum atomic E-state index is 12.6. The number of fused-ring (bicyclic) bond motifs is 1. The van der Waals surface area contributed by atoms with Crippen molar-refractivity contribution >= 4 is 21.7 Å². The van der Waals surface area contributed by atoms with Crippen molar-refractivity contribution < 1.29 is 9.90 Å². The van der Waals surface area contributed by atoms with Gasteiger partial charge in [-0.2, -0.15) is 0 Å². The minimum absolute atomic E-state index is 0.231. The van der Waals surface area contributed by atoms with Gasteiger partial charge in [0.2, 0.25) is 0 Å². The van der Waals surface area contributed by atoms with Gasteiger partial charge in [0.25, 0.3) is 0 Å². The molecule has 2 aliphatic rings. The van der Waals surface area contributed by atoms with E-state index >= 15 is 0 Å². The molecule has 1 spiro atoms. The summed E-state index contributed by atoms with van der Waals surface area (Å²) in [4.78, 5) is 12.6. The van der Waals surface area contributed by atoms with Crippen LogP contribution in [0.25, 0.3) is 0 Å². The fraction of sp³-hybridized carbons (Fsp3) is 0.533. The second kappa shape index (κ2) is 3.91. The molecule has 0 unspecified atom stereocenters. The van der Waals surface area contributed by atoms with Crippen LogP contribution in [-0.2, 0) is 6.42 Å². The number of hydrogen-bond donors (Lipinski definition) is 1. The number of carbonyl (C=O) groups excluding carboxylic acids is 1. The third kappa shape index (κ3) is 1.84. The Morgan fingerprint density at radius 1 is 1.22 bits per heavy atom. The van der Waals surface area contributed by atoms with E-state index in [2.05, 4.69) is 22.0 Å². The Balaban J connectivity index is 1.93. The van der Waals surface area contributed by atoms with Crippen LogP contribution < -0.4 is 0 Å². The highest BCUT2D eigenvalue weighted by Crippen LogP contribution is 2.49. The first-order chi connectivity index (χ1) is 8.42. The molecule has 1 fully saturated rings. The number of aliphatic hydroxyl groups is 1. The van der Waals surface area contributed by atoms with Gasteiger partial charge in [-0.05, 0) is 56.7 Å². The molecule has 0 atom stereocenters. The van der Waals surface area contributed by atoms with Gasteiger partial charge in [0, 0.05) is 15.5 Å². The van der Waals surface area contributed by atoms with E-state index in [-0.39, 0.29) is 11.2 Å². The van der Waals surface area contributed by atoms with Gasteiger partial charge in [-0.25, -0.2) is 0 Å². The summed E-state index contributed by atoms with van der Waals surface area (Å²) in [5, 5.41) is 10.0. The Morgan fingerprint density at radius 2 is 1.89 bits per heavy atom. The van der Waals surface area contributed by atoms with E-state index in [4.69, 9.17) is 0 Å². The van der Waals surface area contributed by atoms with Crippen molar-refractivity contribution in [1.29, 1.82) is 0 Å². The molecule has 1 saturated carbocycles. The highest BCUT2D eigenvalue weighted by molar-refractivity contribution is 9.10. The van der Waals surface area contributed by atoms with E-state index in [9.17, 15) is 9.90 Å². The van der Waals surface area contributed by atoms with Crippen LogP contribution in [0, 0.1) is 5.41 Å². The first kappa shape index (κ1) is 12.4. The highest BCUT2D eigenvalue weighted by Gasteiger charge is 2.49. The van der Waals surface area contributed by atoms with Crippen molar-refractivity contribution in [2.45, 2.75) is 44.6 Å². The van der Waals surface area contributed by atoms with Crippen LogP contribution in [0.15, 0.2) is 22.7 Å². The van der Waals surface area contributed by atoms with Crippen LogP contribution in [0.4, 0.5) is 0 Å². The monoisotopic (exact) mass is 308 g/mol. The number of rotatable bonds is 0. The van der Waals surface area contributed by atoms with Crippen LogP contribution in [-0.4, -0.2) is 16.5 Å². The van der Waals surface area contributed by atoms with Crippen molar-refractivity contribution in [1.82, 2.24) is 0 Å². The zero-order valence-corrected chi connectivity index (χ0v) is 12.1. The molecule has 1 aromatic carbocycles. The van der Waals surface area contributed by atoms with Gasteiger partial charge in [-0.3, -0.25) is 4.79 Å². The lowest BCUT2D eigenvalue weighted by Gasteiger charge is -2.39. The molecule has 0 aromatic heterocycles. The predicted octanol–water partition coefficient (Wildman–Crippen LogP) is 3.50. The molecule has 2 nitrogen and oxygen atoms in total. The molecule has 3 rings (SSSR count). The number of ketones is 1. The van der Waals surface area contributed by atoms with Gasteiger partial charge in [-0.1, -0.05) is 22.0 Å². The van der Waals surface area contributed by atoms with Crippen LogP contribution in [0.3, 0.4) is 0 Å². The van der Waals surface area contributed by atoms with Crippen molar-refractivity contribution in [3.63, 3.8) is 0 Å². The van der Waals surface area contributed by atoms with Crippen molar-refractivity contribution in [3.05, 3.63) is 33.8 Å². The Morgan fingerprint density at radius 3 is 2.56 bits per heavy atom. The van der Waals surface area contributed by atoms with Gasteiger partial charge >= 0.3 is 0 Å². The van der Waals surface area contributed by atoms with Crippen LogP contribution in [0.2, 0.25) is 0 Å². The van der Waals surface area contributed by atoms with Gasteiger partial charge in [0.05, 0.1) is 5.60 Å². The largest absolute Gasteiger partial charge is 0.390 e. The molecular formula is C15H17BrO2. The lowest BCUT2D eigenvalue weighted by atomic mass is 9.67. The van der Waals surface area contributed by atoms with E-state index in [0.717, 1.165) is 42.1 Å². The minimum Gasteiger partial charge on any atom is -0.390 e. The Bertz CT molecular complexity index is 509. The summed E-state index contributed by atoms with van der Waals surface area (Å²) >= 11 is 3.43. The molecule has 2 aliphatic carbocycles. The van der Waals surface area contributed by atoms with E-state index in [1.54, 1.807) is 0 Å². The molecule has 0 aliphatic heterocycles. The van der Waals surface area contributed by atoms with Gasteiger partial charge in [0.1, 0.15) is 0 Å². The van der Waals surface area contributed by atoms with Crippen LogP contribution in [0.5, 0.6) is 0 Å².